The standard InChI is InChI=1S/C15H14N2O2/c1-19-15-4-2-3-14-16-12(10-17(14)15)9-11-5-7-13(18)8-6-11/h2-8,10,18H,9H2,1H3. The van der Waals surface area contributed by atoms with E-state index in [1.165, 1.54) is 0 Å². The van der Waals surface area contributed by atoms with Crippen LogP contribution in [0.4, 0.5) is 0 Å². The number of methoxy groups -OCH3 is 1. The molecule has 0 saturated carbocycles. The fourth-order valence-corrected chi connectivity index (χ4v) is 2.11. The van der Waals surface area contributed by atoms with E-state index in [-0.39, 0.29) is 5.75 Å². The van der Waals surface area contributed by atoms with Crippen molar-refractivity contribution in [1.29, 1.82) is 0 Å². The van der Waals surface area contributed by atoms with Crippen LogP contribution in [0, 0.1) is 0 Å². The fraction of sp³-hybridized carbons (Fsp3) is 0.133. The monoisotopic (exact) mass is 254 g/mol. The summed E-state index contributed by atoms with van der Waals surface area (Å²) in [6.07, 6.45) is 2.70. The molecule has 2 heterocycles. The first-order valence-corrected chi connectivity index (χ1v) is 6.05. The number of aromatic hydroxyl groups is 1. The molecule has 3 aromatic rings. The molecule has 4 heteroatoms. The number of nitrogens with zero attached hydrogens (tertiary/aromatic N) is 2. The molecule has 0 bridgehead atoms. The number of phenols is 1. The van der Waals surface area contributed by atoms with Crippen molar-refractivity contribution in [2.75, 3.05) is 7.11 Å². The van der Waals surface area contributed by atoms with Crippen LogP contribution < -0.4 is 4.74 Å². The van der Waals surface area contributed by atoms with E-state index in [4.69, 9.17) is 4.74 Å². The third kappa shape index (κ3) is 2.25. The topological polar surface area (TPSA) is 46.8 Å². The molecule has 0 saturated heterocycles. The van der Waals surface area contributed by atoms with Gasteiger partial charge in [-0.1, -0.05) is 18.2 Å². The predicted octanol–water partition coefficient (Wildman–Crippen LogP) is 2.64. The van der Waals surface area contributed by atoms with Gasteiger partial charge in [0.2, 0.25) is 0 Å². The molecule has 3 rings (SSSR count). The maximum atomic E-state index is 9.27. The number of pyridine rings is 1. The Morgan fingerprint density at radius 3 is 2.68 bits per heavy atom. The van der Waals surface area contributed by atoms with Crippen LogP contribution in [0.25, 0.3) is 5.65 Å². The van der Waals surface area contributed by atoms with E-state index in [1.807, 2.05) is 40.9 Å². The molecule has 0 aliphatic heterocycles. The second kappa shape index (κ2) is 4.65. The van der Waals surface area contributed by atoms with Gasteiger partial charge in [0.05, 0.1) is 12.8 Å². The first kappa shape index (κ1) is 11.6. The molecule has 0 unspecified atom stereocenters. The molecule has 0 amide bonds. The van der Waals surface area contributed by atoms with Gasteiger partial charge in [-0.25, -0.2) is 4.98 Å². The minimum atomic E-state index is 0.278. The first-order valence-electron chi connectivity index (χ1n) is 6.05. The van der Waals surface area contributed by atoms with Crippen LogP contribution in [0.2, 0.25) is 0 Å². The van der Waals surface area contributed by atoms with Crippen molar-refractivity contribution < 1.29 is 9.84 Å². The number of rotatable bonds is 3. The Bertz CT molecular complexity index is 702. The summed E-state index contributed by atoms with van der Waals surface area (Å²) < 4.78 is 7.22. The number of phenolic OH excluding ortho intramolecular Hbond substituents is 1. The predicted molar refractivity (Wildman–Crippen MR) is 72.7 cm³/mol. The van der Waals surface area contributed by atoms with Crippen molar-refractivity contribution in [2.24, 2.45) is 0 Å². The highest BCUT2D eigenvalue weighted by Crippen LogP contribution is 2.18. The van der Waals surface area contributed by atoms with Crippen molar-refractivity contribution in [3.8, 4) is 11.6 Å². The average Bonchev–Trinajstić information content (AvgIpc) is 2.83. The second-order valence-corrected chi connectivity index (χ2v) is 4.37. The smallest absolute Gasteiger partial charge is 0.198 e. The van der Waals surface area contributed by atoms with Crippen molar-refractivity contribution >= 4 is 5.65 Å². The van der Waals surface area contributed by atoms with Crippen LogP contribution >= 0.6 is 0 Å². The quantitative estimate of drug-likeness (QED) is 0.781. The van der Waals surface area contributed by atoms with Gasteiger partial charge < -0.3 is 9.84 Å². The molecule has 96 valence electrons. The van der Waals surface area contributed by atoms with Gasteiger partial charge in [0.15, 0.2) is 5.88 Å². The van der Waals surface area contributed by atoms with Crippen LogP contribution in [0.5, 0.6) is 11.6 Å². The Kier molecular flexibility index (Phi) is 2.83. The maximum Gasteiger partial charge on any atom is 0.198 e. The van der Waals surface area contributed by atoms with Gasteiger partial charge in [-0.05, 0) is 29.8 Å². The van der Waals surface area contributed by atoms with Crippen molar-refractivity contribution in [3.05, 3.63) is 59.9 Å². The summed E-state index contributed by atoms with van der Waals surface area (Å²) in [5.74, 6) is 1.04. The van der Waals surface area contributed by atoms with Crippen LogP contribution in [0.15, 0.2) is 48.7 Å². The molecule has 0 aliphatic carbocycles. The van der Waals surface area contributed by atoms with E-state index in [0.717, 1.165) is 29.2 Å². The zero-order valence-corrected chi connectivity index (χ0v) is 10.6. The molecule has 2 aromatic heterocycles. The number of fused-ring (bicyclic) bond motifs is 1. The Morgan fingerprint density at radius 1 is 1.16 bits per heavy atom. The Labute approximate surface area is 110 Å². The van der Waals surface area contributed by atoms with E-state index >= 15 is 0 Å². The van der Waals surface area contributed by atoms with E-state index in [1.54, 1.807) is 19.2 Å². The Morgan fingerprint density at radius 2 is 1.95 bits per heavy atom. The molecule has 4 nitrogen and oxygen atoms in total. The highest BCUT2D eigenvalue weighted by Gasteiger charge is 2.06. The average molecular weight is 254 g/mol. The van der Waals surface area contributed by atoms with Crippen LogP contribution in [-0.2, 0) is 6.42 Å². The lowest BCUT2D eigenvalue weighted by Crippen LogP contribution is -1.91. The summed E-state index contributed by atoms with van der Waals surface area (Å²) in [5, 5.41) is 9.27. The van der Waals surface area contributed by atoms with E-state index in [0.29, 0.717) is 0 Å². The molecule has 0 atom stereocenters. The van der Waals surface area contributed by atoms with Gasteiger partial charge in [-0.2, -0.15) is 0 Å². The van der Waals surface area contributed by atoms with Gasteiger partial charge in [0.1, 0.15) is 11.4 Å². The van der Waals surface area contributed by atoms with Crippen molar-refractivity contribution in [2.45, 2.75) is 6.42 Å². The summed E-state index contributed by atoms with van der Waals surface area (Å²) in [5.41, 5.74) is 2.95. The summed E-state index contributed by atoms with van der Waals surface area (Å²) in [4.78, 5) is 4.56. The number of aromatic nitrogens is 2. The van der Waals surface area contributed by atoms with Gasteiger partial charge in [-0.3, -0.25) is 4.40 Å². The lowest BCUT2D eigenvalue weighted by molar-refractivity contribution is 0.392. The number of ether oxygens (including phenoxy) is 1. The van der Waals surface area contributed by atoms with Crippen LogP contribution in [0.1, 0.15) is 11.3 Å². The zero-order chi connectivity index (χ0) is 13.2. The molecular weight excluding hydrogens is 240 g/mol. The molecular formula is C15H14N2O2. The Hall–Kier alpha value is -2.49. The van der Waals surface area contributed by atoms with Crippen LogP contribution in [0.3, 0.4) is 0 Å². The number of hydrogen-bond acceptors (Lipinski definition) is 3. The normalized spacial score (nSPS) is 10.8. The molecule has 1 N–H and O–H groups in total. The molecule has 1 aromatic carbocycles. The van der Waals surface area contributed by atoms with E-state index in [2.05, 4.69) is 4.98 Å². The summed E-state index contributed by atoms with van der Waals surface area (Å²) in [6, 6.07) is 12.9. The highest BCUT2D eigenvalue weighted by molar-refractivity contribution is 5.44. The largest absolute Gasteiger partial charge is 0.508 e. The maximum absolute atomic E-state index is 9.27. The Balaban J connectivity index is 1.95. The number of hydrogen-bond donors (Lipinski definition) is 1. The number of imidazole rings is 1. The lowest BCUT2D eigenvalue weighted by Gasteiger charge is -2.01. The van der Waals surface area contributed by atoms with Crippen molar-refractivity contribution in [3.63, 3.8) is 0 Å². The molecule has 0 radical (unpaired) electrons. The summed E-state index contributed by atoms with van der Waals surface area (Å²) >= 11 is 0. The zero-order valence-electron chi connectivity index (χ0n) is 10.6. The van der Waals surface area contributed by atoms with Gasteiger partial charge in [-0.15, -0.1) is 0 Å². The first-order chi connectivity index (χ1) is 9.26. The summed E-state index contributed by atoms with van der Waals surface area (Å²) in [7, 11) is 1.65. The third-order valence-electron chi connectivity index (χ3n) is 3.04. The molecule has 19 heavy (non-hydrogen) atoms. The van der Waals surface area contributed by atoms with Gasteiger partial charge in [0.25, 0.3) is 0 Å². The minimum absolute atomic E-state index is 0.278. The minimum Gasteiger partial charge on any atom is -0.508 e. The number of benzene rings is 1. The van der Waals surface area contributed by atoms with Gasteiger partial charge >= 0.3 is 0 Å². The lowest BCUT2D eigenvalue weighted by atomic mass is 10.1. The second-order valence-electron chi connectivity index (χ2n) is 4.37. The van der Waals surface area contributed by atoms with E-state index in [9.17, 15) is 5.11 Å². The third-order valence-corrected chi connectivity index (χ3v) is 3.04. The SMILES string of the molecule is COc1cccc2nc(Cc3ccc(O)cc3)cn12. The summed E-state index contributed by atoms with van der Waals surface area (Å²) in [6.45, 7) is 0. The van der Waals surface area contributed by atoms with E-state index < -0.39 is 0 Å². The fourth-order valence-electron chi connectivity index (χ4n) is 2.11. The van der Waals surface area contributed by atoms with Gasteiger partial charge in [0, 0.05) is 12.6 Å². The van der Waals surface area contributed by atoms with Crippen LogP contribution in [-0.4, -0.2) is 21.6 Å². The highest BCUT2D eigenvalue weighted by atomic mass is 16.5. The van der Waals surface area contributed by atoms with Crippen molar-refractivity contribution in [1.82, 2.24) is 9.38 Å². The molecule has 0 spiro atoms. The molecule has 0 fully saturated rings. The molecule has 0 aliphatic rings.